The zero-order chi connectivity index (χ0) is 18.3. The fraction of sp³-hybridized carbons (Fsp3) is 0.158. The minimum Gasteiger partial charge on any atom is -0.494 e. The molecule has 3 aromatic rings. The van der Waals surface area contributed by atoms with Gasteiger partial charge < -0.3 is 10.4 Å². The van der Waals surface area contributed by atoms with Gasteiger partial charge in [0.05, 0.1) is 17.3 Å². The summed E-state index contributed by atoms with van der Waals surface area (Å²) in [5.41, 5.74) is 1.73. The molecule has 0 radical (unpaired) electrons. The Morgan fingerprint density at radius 3 is 2.69 bits per heavy atom. The van der Waals surface area contributed by atoms with Gasteiger partial charge >= 0.3 is 0 Å². The standard InChI is InChI=1S/C19H16FN3O2S/c20-13-7-3-4-8-14(13)23-18(25)15(17(24)22-19(23)26)16-12-6-2-1-5-11(12)9-10-21-16/h1-8,16,21,25H,9-10H2,(H,22,24,26)/t16-/m0/s1. The van der Waals surface area contributed by atoms with E-state index in [-0.39, 0.29) is 21.9 Å². The monoisotopic (exact) mass is 369 g/mol. The fourth-order valence-corrected chi connectivity index (χ4v) is 3.69. The van der Waals surface area contributed by atoms with Gasteiger partial charge in [0.1, 0.15) is 5.82 Å². The van der Waals surface area contributed by atoms with E-state index in [0.717, 1.165) is 22.1 Å². The number of para-hydroxylation sites is 1. The maximum atomic E-state index is 14.3. The molecule has 0 saturated carbocycles. The van der Waals surface area contributed by atoms with Crippen molar-refractivity contribution in [3.8, 4) is 11.6 Å². The Morgan fingerprint density at radius 1 is 1.15 bits per heavy atom. The van der Waals surface area contributed by atoms with Crippen molar-refractivity contribution in [3.63, 3.8) is 0 Å². The van der Waals surface area contributed by atoms with Crippen molar-refractivity contribution >= 4 is 12.2 Å². The number of nitrogens with zero attached hydrogens (tertiary/aromatic N) is 1. The lowest BCUT2D eigenvalue weighted by Crippen LogP contribution is -2.35. The molecule has 0 bridgehead atoms. The number of aromatic amines is 1. The molecule has 5 nitrogen and oxygen atoms in total. The van der Waals surface area contributed by atoms with Crippen LogP contribution in [0.1, 0.15) is 22.7 Å². The summed E-state index contributed by atoms with van der Waals surface area (Å²) < 4.78 is 15.4. The summed E-state index contributed by atoms with van der Waals surface area (Å²) in [5.74, 6) is -0.910. The molecule has 3 N–H and O–H groups in total. The van der Waals surface area contributed by atoms with Gasteiger partial charge in [-0.1, -0.05) is 36.4 Å². The van der Waals surface area contributed by atoms with Crippen molar-refractivity contribution in [3.05, 3.63) is 86.2 Å². The molecular formula is C19H16FN3O2S. The largest absolute Gasteiger partial charge is 0.494 e. The summed E-state index contributed by atoms with van der Waals surface area (Å²) in [6.07, 6.45) is 0.831. The van der Waals surface area contributed by atoms with Crippen LogP contribution in [-0.2, 0) is 6.42 Å². The highest BCUT2D eigenvalue weighted by atomic mass is 32.1. The van der Waals surface area contributed by atoms with Crippen molar-refractivity contribution in [2.24, 2.45) is 0 Å². The van der Waals surface area contributed by atoms with Crippen molar-refractivity contribution < 1.29 is 9.50 Å². The molecular weight excluding hydrogens is 353 g/mol. The van der Waals surface area contributed by atoms with Crippen LogP contribution in [-0.4, -0.2) is 21.2 Å². The van der Waals surface area contributed by atoms with Crippen molar-refractivity contribution in [2.75, 3.05) is 6.54 Å². The van der Waals surface area contributed by atoms with Crippen LogP contribution in [0.3, 0.4) is 0 Å². The van der Waals surface area contributed by atoms with Crippen LogP contribution < -0.4 is 10.9 Å². The van der Waals surface area contributed by atoms with Crippen molar-refractivity contribution in [1.29, 1.82) is 0 Å². The fourth-order valence-electron chi connectivity index (χ4n) is 3.42. The van der Waals surface area contributed by atoms with Crippen LogP contribution in [0.25, 0.3) is 5.69 Å². The van der Waals surface area contributed by atoms with Crippen molar-refractivity contribution in [1.82, 2.24) is 14.9 Å². The molecule has 1 aromatic heterocycles. The van der Waals surface area contributed by atoms with E-state index < -0.39 is 17.4 Å². The van der Waals surface area contributed by atoms with Gasteiger partial charge in [0.15, 0.2) is 4.77 Å². The molecule has 0 unspecified atom stereocenters. The number of rotatable bonds is 2. The first-order valence-electron chi connectivity index (χ1n) is 8.22. The molecule has 0 spiro atoms. The Labute approximate surface area is 153 Å². The molecule has 0 aliphatic carbocycles. The summed E-state index contributed by atoms with van der Waals surface area (Å²) in [4.78, 5) is 15.2. The highest BCUT2D eigenvalue weighted by Gasteiger charge is 2.28. The lowest BCUT2D eigenvalue weighted by molar-refractivity contribution is 0.410. The first-order valence-corrected chi connectivity index (χ1v) is 8.63. The van der Waals surface area contributed by atoms with Gasteiger partial charge in [0, 0.05) is 6.54 Å². The first-order chi connectivity index (χ1) is 12.6. The zero-order valence-corrected chi connectivity index (χ0v) is 14.5. The molecule has 0 saturated heterocycles. The molecule has 2 heterocycles. The molecule has 0 amide bonds. The maximum Gasteiger partial charge on any atom is 0.260 e. The number of hydrogen-bond acceptors (Lipinski definition) is 4. The first kappa shape index (κ1) is 16.7. The summed E-state index contributed by atoms with van der Waals surface area (Å²) in [6.45, 7) is 0.663. The Kier molecular flexibility index (Phi) is 4.18. The highest BCUT2D eigenvalue weighted by Crippen LogP contribution is 2.32. The van der Waals surface area contributed by atoms with E-state index in [0.29, 0.717) is 6.54 Å². The number of aromatic hydroxyl groups is 1. The summed E-state index contributed by atoms with van der Waals surface area (Å²) in [6, 6.07) is 13.2. The van der Waals surface area contributed by atoms with Gasteiger partial charge in [-0.2, -0.15) is 0 Å². The normalized spacial score (nSPS) is 16.3. The molecule has 1 aliphatic rings. The number of hydrogen-bond donors (Lipinski definition) is 3. The van der Waals surface area contributed by atoms with E-state index >= 15 is 0 Å². The van der Waals surface area contributed by atoms with Gasteiger partial charge in [-0.15, -0.1) is 0 Å². The number of benzene rings is 2. The lowest BCUT2D eigenvalue weighted by atomic mass is 9.90. The number of H-pyrrole nitrogens is 1. The minimum atomic E-state index is -0.547. The summed E-state index contributed by atoms with van der Waals surface area (Å²) >= 11 is 5.17. The predicted molar refractivity (Wildman–Crippen MR) is 98.8 cm³/mol. The van der Waals surface area contributed by atoms with Gasteiger partial charge in [-0.3, -0.25) is 14.3 Å². The second-order valence-electron chi connectivity index (χ2n) is 6.12. The second-order valence-corrected chi connectivity index (χ2v) is 6.51. The van der Waals surface area contributed by atoms with Crippen molar-refractivity contribution in [2.45, 2.75) is 12.5 Å². The smallest absolute Gasteiger partial charge is 0.260 e. The lowest BCUT2D eigenvalue weighted by Gasteiger charge is -2.27. The van der Waals surface area contributed by atoms with Gasteiger partial charge in [-0.25, -0.2) is 4.39 Å². The molecule has 1 atom stereocenters. The van der Waals surface area contributed by atoms with E-state index in [1.165, 1.54) is 12.1 Å². The minimum absolute atomic E-state index is 0.0644. The Balaban J connectivity index is 1.98. The molecule has 1 aliphatic heterocycles. The van der Waals surface area contributed by atoms with E-state index in [4.69, 9.17) is 12.2 Å². The van der Waals surface area contributed by atoms with Crippen LogP contribution in [0.2, 0.25) is 0 Å². The third-order valence-corrected chi connectivity index (χ3v) is 4.90. The van der Waals surface area contributed by atoms with E-state index in [9.17, 15) is 14.3 Å². The molecule has 2 aromatic carbocycles. The maximum absolute atomic E-state index is 14.3. The Hall–Kier alpha value is -2.77. The average Bonchev–Trinajstić information content (AvgIpc) is 2.63. The van der Waals surface area contributed by atoms with Crippen LogP contribution >= 0.6 is 12.2 Å². The van der Waals surface area contributed by atoms with Crippen LogP contribution in [0.5, 0.6) is 5.88 Å². The number of halogens is 1. The van der Waals surface area contributed by atoms with E-state index in [1.807, 2.05) is 24.3 Å². The molecule has 0 fully saturated rings. The van der Waals surface area contributed by atoms with Crippen LogP contribution in [0, 0.1) is 10.6 Å². The molecule has 26 heavy (non-hydrogen) atoms. The van der Waals surface area contributed by atoms with Gasteiger partial charge in [-0.05, 0) is 41.9 Å². The molecule has 4 rings (SSSR count). The average molecular weight is 369 g/mol. The molecule has 132 valence electrons. The molecule has 7 heteroatoms. The van der Waals surface area contributed by atoms with E-state index in [1.54, 1.807) is 12.1 Å². The number of fused-ring (bicyclic) bond motifs is 1. The Bertz CT molecular complexity index is 1110. The summed E-state index contributed by atoms with van der Waals surface area (Å²) in [5, 5.41) is 14.1. The zero-order valence-electron chi connectivity index (χ0n) is 13.7. The van der Waals surface area contributed by atoms with Crippen LogP contribution in [0.4, 0.5) is 4.39 Å². The quantitative estimate of drug-likeness (QED) is 0.608. The third kappa shape index (κ3) is 2.65. The third-order valence-electron chi connectivity index (χ3n) is 4.61. The summed E-state index contributed by atoms with van der Waals surface area (Å²) in [7, 11) is 0. The van der Waals surface area contributed by atoms with Crippen LogP contribution in [0.15, 0.2) is 53.3 Å². The highest BCUT2D eigenvalue weighted by molar-refractivity contribution is 7.71. The number of aromatic nitrogens is 2. The van der Waals surface area contributed by atoms with Gasteiger partial charge in [0.2, 0.25) is 5.88 Å². The van der Waals surface area contributed by atoms with Gasteiger partial charge in [0.25, 0.3) is 5.56 Å². The predicted octanol–water partition coefficient (Wildman–Crippen LogP) is 2.97. The van der Waals surface area contributed by atoms with E-state index in [2.05, 4.69) is 10.3 Å². The second kappa shape index (κ2) is 6.51. The topological polar surface area (TPSA) is 70.0 Å². The Morgan fingerprint density at radius 2 is 1.88 bits per heavy atom. The number of nitrogens with one attached hydrogen (secondary N) is 2. The SMILES string of the molecule is O=c1[nH]c(=S)n(-c2ccccc2F)c(O)c1[C@H]1NCCc2ccccc21.